The first-order valence-electron chi connectivity index (χ1n) is 10.3. The summed E-state index contributed by atoms with van der Waals surface area (Å²) in [7, 11) is 1.69. The van der Waals surface area contributed by atoms with E-state index in [1.54, 1.807) is 19.3 Å². The van der Waals surface area contributed by atoms with E-state index in [0.29, 0.717) is 5.56 Å². The second kappa shape index (κ2) is 7.87. The lowest BCUT2D eigenvalue weighted by molar-refractivity contribution is -0.124. The number of rotatable bonds is 5. The molecule has 0 unspecified atom stereocenters. The van der Waals surface area contributed by atoms with Crippen LogP contribution < -0.4 is 15.8 Å². The Morgan fingerprint density at radius 3 is 2.48 bits per heavy atom. The Hall–Kier alpha value is -3.67. The van der Waals surface area contributed by atoms with E-state index < -0.39 is 5.41 Å². The molecule has 0 aliphatic carbocycles. The molecule has 2 N–H and O–H groups in total. The maximum Gasteiger partial charge on any atom is 0.250 e. The van der Waals surface area contributed by atoms with Gasteiger partial charge in [-0.3, -0.25) is 9.59 Å². The van der Waals surface area contributed by atoms with E-state index >= 15 is 0 Å². The quantitative estimate of drug-likeness (QED) is 0.598. The van der Waals surface area contributed by atoms with Crippen LogP contribution in [0.1, 0.15) is 37.4 Å². The number of amides is 1. The Balaban J connectivity index is 1.71. The predicted octanol–water partition coefficient (Wildman–Crippen LogP) is 4.63. The number of aromatic nitrogens is 1. The highest BCUT2D eigenvalue weighted by molar-refractivity contribution is 6.01. The topological polar surface area (TPSA) is 78.2 Å². The molecule has 1 saturated heterocycles. The van der Waals surface area contributed by atoms with Crippen LogP contribution in [0.5, 0.6) is 0 Å². The van der Waals surface area contributed by atoms with Gasteiger partial charge >= 0.3 is 0 Å². The zero-order chi connectivity index (χ0) is 22.2. The van der Waals surface area contributed by atoms with E-state index in [0.717, 1.165) is 29.0 Å². The molecule has 6 nitrogen and oxygen atoms in total. The van der Waals surface area contributed by atoms with Crippen molar-refractivity contribution in [2.75, 3.05) is 10.2 Å². The molecule has 4 rings (SSSR count). The van der Waals surface area contributed by atoms with Gasteiger partial charge in [-0.2, -0.15) is 0 Å². The van der Waals surface area contributed by atoms with Crippen molar-refractivity contribution in [3.05, 3.63) is 88.3 Å². The van der Waals surface area contributed by atoms with E-state index in [1.165, 1.54) is 16.8 Å². The molecule has 6 heteroatoms. The molecule has 3 aromatic rings. The first kappa shape index (κ1) is 20.6. The van der Waals surface area contributed by atoms with Crippen LogP contribution in [-0.4, -0.2) is 16.7 Å². The highest BCUT2D eigenvalue weighted by Gasteiger charge is 2.46. The molecular formula is C25H26N4O2. The Morgan fingerprint density at radius 1 is 1.06 bits per heavy atom. The summed E-state index contributed by atoms with van der Waals surface area (Å²) >= 11 is 0. The Morgan fingerprint density at radius 2 is 1.81 bits per heavy atom. The molecule has 1 atom stereocenters. The van der Waals surface area contributed by atoms with Gasteiger partial charge in [-0.1, -0.05) is 44.2 Å². The molecule has 1 aliphatic heterocycles. The molecular weight excluding hydrogens is 388 g/mol. The van der Waals surface area contributed by atoms with Crippen molar-refractivity contribution in [2.45, 2.75) is 26.3 Å². The molecule has 1 fully saturated rings. The van der Waals surface area contributed by atoms with Gasteiger partial charge in [0.2, 0.25) is 11.5 Å². The second-order valence-corrected chi connectivity index (χ2v) is 8.60. The maximum atomic E-state index is 13.3. The van der Waals surface area contributed by atoms with Gasteiger partial charge in [0, 0.05) is 47.9 Å². The van der Waals surface area contributed by atoms with E-state index in [4.69, 9.17) is 5.41 Å². The summed E-state index contributed by atoms with van der Waals surface area (Å²) in [6, 6.07) is 18.9. The summed E-state index contributed by atoms with van der Waals surface area (Å²) in [5.74, 6) is 0.0797. The SMILES string of the molecule is Cn1cc(Nc2ccc(N3C(=O)C(C)(C)C[C@H]3c3ccccc3)cc2C=N)ccc1=O. The standard InChI is InChI=1S/C25H26N4O2/c1-25(2)14-22(17-7-5-4-6-8-17)29(24(25)31)20-10-11-21(18(13-20)15-26)27-19-9-12-23(30)28(3)16-19/h4-13,15-16,22,26-27H,14H2,1-3H3/t22-/m0/s1. The fourth-order valence-corrected chi connectivity index (χ4v) is 4.13. The van der Waals surface area contributed by atoms with Crippen LogP contribution in [-0.2, 0) is 11.8 Å². The molecule has 2 heterocycles. The monoisotopic (exact) mass is 414 g/mol. The lowest BCUT2D eigenvalue weighted by Crippen LogP contribution is -2.32. The molecule has 1 aliphatic rings. The van der Waals surface area contributed by atoms with Gasteiger partial charge in [-0.25, -0.2) is 0 Å². The number of carbonyl (C=O) groups is 1. The van der Waals surface area contributed by atoms with E-state index in [1.807, 2.05) is 55.1 Å². The van der Waals surface area contributed by atoms with Crippen molar-refractivity contribution >= 4 is 29.2 Å². The normalized spacial score (nSPS) is 17.6. The van der Waals surface area contributed by atoms with Gasteiger partial charge in [0.15, 0.2) is 0 Å². The number of carbonyl (C=O) groups excluding carboxylic acids is 1. The van der Waals surface area contributed by atoms with Crippen molar-refractivity contribution in [3.63, 3.8) is 0 Å². The van der Waals surface area contributed by atoms with Gasteiger partial charge in [0.05, 0.1) is 11.7 Å². The van der Waals surface area contributed by atoms with E-state index in [-0.39, 0.29) is 17.5 Å². The zero-order valence-electron chi connectivity index (χ0n) is 17.9. The third-order valence-electron chi connectivity index (χ3n) is 5.83. The average Bonchev–Trinajstić information content (AvgIpc) is 3.01. The van der Waals surface area contributed by atoms with Crippen LogP contribution in [0.15, 0.2) is 71.7 Å². The first-order valence-corrected chi connectivity index (χ1v) is 10.3. The van der Waals surface area contributed by atoms with Gasteiger partial charge in [-0.05, 0) is 36.2 Å². The molecule has 1 amide bonds. The van der Waals surface area contributed by atoms with Crippen molar-refractivity contribution < 1.29 is 4.79 Å². The summed E-state index contributed by atoms with van der Waals surface area (Å²) in [6.45, 7) is 3.97. The van der Waals surface area contributed by atoms with Crippen LogP contribution in [0.3, 0.4) is 0 Å². The van der Waals surface area contributed by atoms with Crippen molar-refractivity contribution in [3.8, 4) is 0 Å². The summed E-state index contributed by atoms with van der Waals surface area (Å²) in [5.41, 5.74) is 3.47. The van der Waals surface area contributed by atoms with Crippen LogP contribution in [0.25, 0.3) is 0 Å². The van der Waals surface area contributed by atoms with Gasteiger partial charge in [0.1, 0.15) is 0 Å². The minimum Gasteiger partial charge on any atom is -0.354 e. The number of nitrogens with one attached hydrogen (secondary N) is 2. The van der Waals surface area contributed by atoms with Crippen molar-refractivity contribution in [1.29, 1.82) is 5.41 Å². The summed E-state index contributed by atoms with van der Waals surface area (Å²) < 4.78 is 1.50. The largest absolute Gasteiger partial charge is 0.354 e. The summed E-state index contributed by atoms with van der Waals surface area (Å²) in [4.78, 5) is 26.8. The van der Waals surface area contributed by atoms with Crippen LogP contribution in [0.4, 0.5) is 17.1 Å². The van der Waals surface area contributed by atoms with Crippen molar-refractivity contribution in [1.82, 2.24) is 4.57 Å². The van der Waals surface area contributed by atoms with Gasteiger partial charge in [-0.15, -0.1) is 0 Å². The van der Waals surface area contributed by atoms with Crippen LogP contribution in [0.2, 0.25) is 0 Å². The predicted molar refractivity (Wildman–Crippen MR) is 124 cm³/mol. The van der Waals surface area contributed by atoms with Crippen LogP contribution in [0, 0.1) is 10.8 Å². The number of benzene rings is 2. The number of hydrogen-bond donors (Lipinski definition) is 2. The molecule has 0 saturated carbocycles. The number of aryl methyl sites for hydroxylation is 1. The first-order chi connectivity index (χ1) is 14.8. The molecule has 2 aromatic carbocycles. The molecule has 1 aromatic heterocycles. The fourth-order valence-electron chi connectivity index (χ4n) is 4.13. The Bertz CT molecular complexity index is 1200. The Labute approximate surface area is 181 Å². The number of hydrogen-bond acceptors (Lipinski definition) is 4. The zero-order valence-corrected chi connectivity index (χ0v) is 17.9. The minimum absolute atomic E-state index is 0.0512. The fraction of sp³-hybridized carbons (Fsp3) is 0.240. The molecule has 158 valence electrons. The number of pyridine rings is 1. The minimum atomic E-state index is -0.461. The smallest absolute Gasteiger partial charge is 0.250 e. The lowest BCUT2D eigenvalue weighted by Gasteiger charge is -2.26. The second-order valence-electron chi connectivity index (χ2n) is 8.60. The average molecular weight is 415 g/mol. The van der Waals surface area contributed by atoms with Crippen molar-refractivity contribution in [2.24, 2.45) is 12.5 Å². The van der Waals surface area contributed by atoms with Crippen LogP contribution >= 0.6 is 0 Å². The third kappa shape index (κ3) is 3.89. The van der Waals surface area contributed by atoms with Gasteiger partial charge < -0.3 is 20.2 Å². The highest BCUT2D eigenvalue weighted by atomic mass is 16.2. The number of nitrogens with zero attached hydrogens (tertiary/aromatic N) is 2. The lowest BCUT2D eigenvalue weighted by atomic mass is 9.88. The molecule has 0 bridgehead atoms. The number of anilines is 3. The third-order valence-corrected chi connectivity index (χ3v) is 5.83. The highest BCUT2D eigenvalue weighted by Crippen LogP contribution is 2.46. The Kier molecular flexibility index (Phi) is 5.23. The summed E-state index contributed by atoms with van der Waals surface area (Å²) in [5, 5.41) is 11.2. The van der Waals surface area contributed by atoms with E-state index in [9.17, 15) is 9.59 Å². The summed E-state index contributed by atoms with van der Waals surface area (Å²) in [6.07, 6.45) is 3.72. The maximum absolute atomic E-state index is 13.3. The molecule has 0 spiro atoms. The molecule has 0 radical (unpaired) electrons. The van der Waals surface area contributed by atoms with E-state index in [2.05, 4.69) is 17.4 Å². The molecule has 31 heavy (non-hydrogen) atoms. The van der Waals surface area contributed by atoms with Gasteiger partial charge in [0.25, 0.3) is 0 Å².